The van der Waals surface area contributed by atoms with E-state index in [1.54, 1.807) is 0 Å². The van der Waals surface area contributed by atoms with Crippen LogP contribution in [0.5, 0.6) is 0 Å². The van der Waals surface area contributed by atoms with Crippen LogP contribution in [0.3, 0.4) is 0 Å². The van der Waals surface area contributed by atoms with E-state index in [1.807, 2.05) is 0 Å². The summed E-state index contributed by atoms with van der Waals surface area (Å²) < 4.78 is 9.94. The van der Waals surface area contributed by atoms with Gasteiger partial charge in [-0.2, -0.15) is 0 Å². The van der Waals surface area contributed by atoms with Gasteiger partial charge in [0.2, 0.25) is 0 Å². The third kappa shape index (κ3) is 2.05. The summed E-state index contributed by atoms with van der Waals surface area (Å²) in [6, 6.07) is 0. The number of carbonyl (C=O) groups excluding carboxylic acids is 2. The van der Waals surface area contributed by atoms with E-state index in [1.165, 1.54) is 25.7 Å². The van der Waals surface area contributed by atoms with Crippen LogP contribution in [-0.2, 0) is 19.1 Å². The van der Waals surface area contributed by atoms with Crippen LogP contribution in [0.15, 0.2) is 0 Å². The molecule has 0 aromatic rings. The highest BCUT2D eigenvalue weighted by atomic mass is 16.6. The summed E-state index contributed by atoms with van der Waals surface area (Å²) in [5.41, 5.74) is -0.238. The summed E-state index contributed by atoms with van der Waals surface area (Å²) in [7, 11) is 0. The van der Waals surface area contributed by atoms with Crippen molar-refractivity contribution >= 4 is 12.4 Å². The van der Waals surface area contributed by atoms with Gasteiger partial charge in [0.05, 0.1) is 0 Å². The highest BCUT2D eigenvalue weighted by Gasteiger charge is 2.53. The largest absolute Gasteiger partial charge is 0.457 e. The molecule has 0 unspecified atom stereocenters. The molecule has 4 rings (SSSR count). The summed E-state index contributed by atoms with van der Waals surface area (Å²) in [6.07, 6.45) is 6.97. The molecule has 0 saturated heterocycles. The van der Waals surface area contributed by atoms with Gasteiger partial charge in [-0.05, 0) is 56.3 Å². The molecule has 4 aliphatic carbocycles. The first-order chi connectivity index (χ1) is 8.19. The predicted octanol–water partition coefficient (Wildman–Crippen LogP) is 1.58. The first kappa shape index (κ1) is 11.1. The van der Waals surface area contributed by atoms with Crippen LogP contribution in [0, 0.1) is 17.8 Å². The van der Waals surface area contributed by atoms with E-state index in [4.69, 9.17) is 4.74 Å². The zero-order chi connectivity index (χ0) is 11.9. The molecule has 0 N–H and O–H groups in total. The van der Waals surface area contributed by atoms with E-state index in [-0.39, 0.29) is 12.2 Å². The summed E-state index contributed by atoms with van der Waals surface area (Å²) in [6.45, 7) is 0.956. The van der Waals surface area contributed by atoms with E-state index in [0.717, 1.165) is 37.0 Å². The van der Waals surface area contributed by atoms with E-state index in [9.17, 15) is 9.59 Å². The van der Waals surface area contributed by atoms with Crippen LogP contribution >= 0.6 is 0 Å². The van der Waals surface area contributed by atoms with Crippen LogP contribution in [0.2, 0.25) is 0 Å². The highest BCUT2D eigenvalue weighted by Crippen LogP contribution is 2.57. The predicted molar refractivity (Wildman–Crippen MR) is 58.6 cm³/mol. The quantitative estimate of drug-likeness (QED) is 0.697. The number of carbonyl (C=O) groups is 1. The van der Waals surface area contributed by atoms with Gasteiger partial charge >= 0.3 is 12.4 Å². The molecule has 0 atom stereocenters. The fourth-order valence-electron chi connectivity index (χ4n) is 4.52. The van der Waals surface area contributed by atoms with Crippen LogP contribution in [0.1, 0.15) is 38.5 Å². The Morgan fingerprint density at radius 2 is 1.65 bits per heavy atom. The van der Waals surface area contributed by atoms with Crippen LogP contribution in [0.4, 0.5) is 0 Å². The molecular weight excluding hydrogens is 220 g/mol. The fourth-order valence-corrected chi connectivity index (χ4v) is 4.52. The lowest BCUT2D eigenvalue weighted by Gasteiger charge is -2.55. The van der Waals surface area contributed by atoms with Gasteiger partial charge in [0.15, 0.2) is 6.61 Å². The molecule has 0 spiro atoms. The van der Waals surface area contributed by atoms with Crippen molar-refractivity contribution in [2.24, 2.45) is 17.8 Å². The molecule has 4 saturated carbocycles. The molecule has 4 fully saturated rings. The number of rotatable bonds is 4. The monoisotopic (exact) mass is 237 g/mol. The van der Waals surface area contributed by atoms with Crippen LogP contribution in [-0.4, -0.2) is 24.6 Å². The van der Waals surface area contributed by atoms with E-state index in [0.29, 0.717) is 0 Å². The van der Waals surface area contributed by atoms with E-state index < -0.39 is 5.97 Å². The van der Waals surface area contributed by atoms with E-state index in [2.05, 4.69) is 4.74 Å². The molecule has 1 radical (unpaired) electrons. The fraction of sp³-hybridized carbons (Fsp3) is 0.846. The standard InChI is InChI=1S/C13H17O4/c14-8-16-7-12(15)17-13-4-9-1-10(5-13)3-11(2-9)6-13/h9-11H,1-7H2. The van der Waals surface area contributed by atoms with Gasteiger partial charge in [0.1, 0.15) is 5.60 Å². The lowest BCUT2D eigenvalue weighted by molar-refractivity contribution is -0.188. The van der Waals surface area contributed by atoms with Gasteiger partial charge in [0.25, 0.3) is 0 Å². The molecular formula is C13H17O4. The second-order valence-electron chi connectivity index (χ2n) is 5.95. The van der Waals surface area contributed by atoms with Crippen molar-refractivity contribution in [3.8, 4) is 0 Å². The molecule has 0 aromatic heterocycles. The van der Waals surface area contributed by atoms with Crippen molar-refractivity contribution in [2.75, 3.05) is 6.61 Å². The molecule has 93 valence electrons. The molecule has 4 aliphatic rings. The molecule has 4 heteroatoms. The van der Waals surface area contributed by atoms with Gasteiger partial charge in [0, 0.05) is 0 Å². The Hall–Kier alpha value is -1.06. The average Bonchev–Trinajstić information content (AvgIpc) is 2.23. The first-order valence-corrected chi connectivity index (χ1v) is 6.40. The maximum absolute atomic E-state index is 11.6. The molecule has 0 aliphatic heterocycles. The molecule has 0 amide bonds. The maximum atomic E-state index is 11.6. The van der Waals surface area contributed by atoms with Gasteiger partial charge in [-0.15, -0.1) is 0 Å². The van der Waals surface area contributed by atoms with Crippen molar-refractivity contribution in [1.29, 1.82) is 0 Å². The summed E-state index contributed by atoms with van der Waals surface area (Å²) in [5.74, 6) is 1.81. The number of esters is 1. The highest BCUT2D eigenvalue weighted by molar-refractivity contribution is 5.72. The van der Waals surface area contributed by atoms with Crippen molar-refractivity contribution < 1.29 is 19.1 Å². The van der Waals surface area contributed by atoms with Gasteiger partial charge in [-0.25, -0.2) is 9.59 Å². The Kier molecular flexibility index (Phi) is 2.60. The zero-order valence-corrected chi connectivity index (χ0v) is 9.81. The van der Waals surface area contributed by atoms with Crippen molar-refractivity contribution in [3.05, 3.63) is 0 Å². The maximum Gasteiger partial charge on any atom is 0.418 e. The Bertz CT molecular complexity index is 301. The molecule has 17 heavy (non-hydrogen) atoms. The van der Waals surface area contributed by atoms with Crippen molar-refractivity contribution in [2.45, 2.75) is 44.1 Å². The number of hydrogen-bond acceptors (Lipinski definition) is 4. The van der Waals surface area contributed by atoms with Gasteiger partial charge in [-0.1, -0.05) is 0 Å². The SMILES string of the molecule is O=[C]OCC(=O)OC12CC3CC(CC(C3)C1)C2. The van der Waals surface area contributed by atoms with Crippen molar-refractivity contribution in [1.82, 2.24) is 0 Å². The van der Waals surface area contributed by atoms with Crippen LogP contribution < -0.4 is 0 Å². The second kappa shape index (κ2) is 4.00. The van der Waals surface area contributed by atoms with Crippen LogP contribution in [0.25, 0.3) is 0 Å². The Morgan fingerprint density at radius 1 is 1.12 bits per heavy atom. The third-order valence-electron chi connectivity index (χ3n) is 4.56. The first-order valence-electron chi connectivity index (χ1n) is 6.40. The molecule has 4 bridgehead atoms. The third-order valence-corrected chi connectivity index (χ3v) is 4.56. The number of ether oxygens (including phenoxy) is 2. The smallest absolute Gasteiger partial charge is 0.418 e. The molecule has 0 heterocycles. The Balaban J connectivity index is 1.65. The second-order valence-corrected chi connectivity index (χ2v) is 5.95. The van der Waals surface area contributed by atoms with Crippen molar-refractivity contribution in [3.63, 3.8) is 0 Å². The Labute approximate surface area is 101 Å². The van der Waals surface area contributed by atoms with Gasteiger partial charge < -0.3 is 9.47 Å². The summed E-state index contributed by atoms with van der Waals surface area (Å²) >= 11 is 0. The topological polar surface area (TPSA) is 52.6 Å². The lowest BCUT2D eigenvalue weighted by atomic mass is 9.54. The summed E-state index contributed by atoms with van der Waals surface area (Å²) in [5, 5.41) is 0. The molecule has 4 nitrogen and oxygen atoms in total. The summed E-state index contributed by atoms with van der Waals surface area (Å²) in [4.78, 5) is 21.5. The lowest BCUT2D eigenvalue weighted by Crippen LogP contribution is -2.53. The Morgan fingerprint density at radius 3 is 2.12 bits per heavy atom. The number of hydrogen-bond donors (Lipinski definition) is 0. The minimum Gasteiger partial charge on any atom is -0.457 e. The van der Waals surface area contributed by atoms with Gasteiger partial charge in [-0.3, -0.25) is 0 Å². The zero-order valence-electron chi connectivity index (χ0n) is 9.81. The normalized spacial score (nSPS) is 42.2. The minimum absolute atomic E-state index is 0.238. The minimum atomic E-state index is -0.421. The average molecular weight is 237 g/mol. The van der Waals surface area contributed by atoms with E-state index >= 15 is 0 Å². The molecule has 0 aromatic carbocycles.